The van der Waals surface area contributed by atoms with Crippen LogP contribution in [0.4, 0.5) is 5.88 Å². The minimum Gasteiger partial charge on any atom is -0.385 e. The molecular formula is C21H29N3O4. The fourth-order valence-electron chi connectivity index (χ4n) is 3.39. The Morgan fingerprint density at radius 3 is 2.68 bits per heavy atom. The molecule has 7 nitrogen and oxygen atoms in total. The van der Waals surface area contributed by atoms with Crippen LogP contribution in [-0.4, -0.2) is 62.5 Å². The number of amides is 1. The molecule has 152 valence electrons. The van der Waals surface area contributed by atoms with Crippen molar-refractivity contribution in [2.75, 3.05) is 51.5 Å². The van der Waals surface area contributed by atoms with Gasteiger partial charge in [-0.1, -0.05) is 42.4 Å². The standard InChI is InChI=1S/C21H29N3O4/c1-3-19(25)24(10-7-13-26-2)16-18-20(17-8-5-4-6-9-17)22-28-21(18)23-11-14-27-15-12-23/h4-6,8-9H,3,7,10-16H2,1-2H3. The highest BCUT2D eigenvalue weighted by Gasteiger charge is 2.26. The second-order valence-corrected chi connectivity index (χ2v) is 6.80. The van der Waals surface area contributed by atoms with E-state index in [9.17, 15) is 4.79 Å². The predicted molar refractivity (Wildman–Crippen MR) is 107 cm³/mol. The van der Waals surface area contributed by atoms with Crippen molar-refractivity contribution in [2.24, 2.45) is 0 Å². The fourth-order valence-corrected chi connectivity index (χ4v) is 3.39. The molecule has 1 amide bonds. The lowest BCUT2D eigenvalue weighted by molar-refractivity contribution is -0.131. The molecule has 1 aromatic carbocycles. The van der Waals surface area contributed by atoms with E-state index in [1.165, 1.54) is 0 Å². The third-order valence-electron chi connectivity index (χ3n) is 4.89. The molecule has 0 radical (unpaired) electrons. The van der Waals surface area contributed by atoms with E-state index in [1.807, 2.05) is 42.2 Å². The van der Waals surface area contributed by atoms with Gasteiger partial charge in [0, 0.05) is 45.3 Å². The summed E-state index contributed by atoms with van der Waals surface area (Å²) < 4.78 is 16.4. The first-order valence-electron chi connectivity index (χ1n) is 9.88. The lowest BCUT2D eigenvalue weighted by atomic mass is 10.1. The smallest absolute Gasteiger partial charge is 0.233 e. The normalized spacial score (nSPS) is 14.3. The first-order valence-corrected chi connectivity index (χ1v) is 9.88. The first kappa shape index (κ1) is 20.4. The van der Waals surface area contributed by atoms with Crippen LogP contribution in [0.3, 0.4) is 0 Å². The number of benzene rings is 1. The van der Waals surface area contributed by atoms with E-state index in [0.717, 1.165) is 42.2 Å². The van der Waals surface area contributed by atoms with Gasteiger partial charge < -0.3 is 23.8 Å². The number of carbonyl (C=O) groups is 1. The van der Waals surface area contributed by atoms with Crippen LogP contribution in [0.1, 0.15) is 25.3 Å². The van der Waals surface area contributed by atoms with Crippen molar-refractivity contribution in [1.29, 1.82) is 0 Å². The van der Waals surface area contributed by atoms with Crippen LogP contribution in [0, 0.1) is 0 Å². The van der Waals surface area contributed by atoms with E-state index in [4.69, 9.17) is 14.0 Å². The van der Waals surface area contributed by atoms with Crippen molar-refractivity contribution in [3.8, 4) is 11.3 Å². The number of hydrogen-bond donors (Lipinski definition) is 0. The molecule has 0 aliphatic carbocycles. The minimum absolute atomic E-state index is 0.115. The Labute approximate surface area is 166 Å². The number of anilines is 1. The number of rotatable bonds is 9. The summed E-state index contributed by atoms with van der Waals surface area (Å²) in [6.07, 6.45) is 1.26. The quantitative estimate of drug-likeness (QED) is 0.616. The van der Waals surface area contributed by atoms with Crippen molar-refractivity contribution in [1.82, 2.24) is 10.1 Å². The SMILES string of the molecule is CCC(=O)N(CCCOC)Cc1c(-c2ccccc2)noc1N1CCOCC1. The van der Waals surface area contributed by atoms with Gasteiger partial charge in [-0.2, -0.15) is 0 Å². The van der Waals surface area contributed by atoms with Crippen LogP contribution in [0.5, 0.6) is 0 Å². The highest BCUT2D eigenvalue weighted by molar-refractivity contribution is 5.77. The summed E-state index contributed by atoms with van der Waals surface area (Å²) in [6.45, 7) is 6.45. The molecule has 1 aliphatic rings. The summed E-state index contributed by atoms with van der Waals surface area (Å²) in [5, 5.41) is 4.38. The number of methoxy groups -OCH3 is 1. The van der Waals surface area contributed by atoms with Gasteiger partial charge in [0.2, 0.25) is 11.8 Å². The van der Waals surface area contributed by atoms with Gasteiger partial charge >= 0.3 is 0 Å². The molecule has 2 aromatic rings. The molecule has 3 rings (SSSR count). The van der Waals surface area contributed by atoms with E-state index in [-0.39, 0.29) is 5.91 Å². The molecule has 0 N–H and O–H groups in total. The molecule has 7 heteroatoms. The maximum Gasteiger partial charge on any atom is 0.233 e. The molecule has 0 bridgehead atoms. The molecule has 1 saturated heterocycles. The van der Waals surface area contributed by atoms with Crippen LogP contribution >= 0.6 is 0 Å². The van der Waals surface area contributed by atoms with Crippen molar-refractivity contribution >= 4 is 11.8 Å². The van der Waals surface area contributed by atoms with Crippen LogP contribution in [0.15, 0.2) is 34.9 Å². The van der Waals surface area contributed by atoms with Gasteiger partial charge in [0.1, 0.15) is 5.69 Å². The zero-order chi connectivity index (χ0) is 19.8. The second kappa shape index (κ2) is 10.2. The molecule has 2 heterocycles. The Balaban J connectivity index is 1.92. The Hall–Kier alpha value is -2.38. The molecular weight excluding hydrogens is 358 g/mol. The van der Waals surface area contributed by atoms with E-state index in [0.29, 0.717) is 39.3 Å². The average Bonchev–Trinajstić information content (AvgIpc) is 3.17. The van der Waals surface area contributed by atoms with Gasteiger partial charge in [0.25, 0.3) is 0 Å². The first-order chi connectivity index (χ1) is 13.7. The third-order valence-corrected chi connectivity index (χ3v) is 4.89. The Morgan fingerprint density at radius 1 is 1.25 bits per heavy atom. The summed E-state index contributed by atoms with van der Waals surface area (Å²) in [5.41, 5.74) is 2.73. The van der Waals surface area contributed by atoms with Gasteiger partial charge in [-0.05, 0) is 6.42 Å². The van der Waals surface area contributed by atoms with Crippen LogP contribution in [-0.2, 0) is 20.8 Å². The largest absolute Gasteiger partial charge is 0.385 e. The zero-order valence-electron chi connectivity index (χ0n) is 16.7. The highest BCUT2D eigenvalue weighted by atomic mass is 16.5. The summed E-state index contributed by atoms with van der Waals surface area (Å²) >= 11 is 0. The Kier molecular flexibility index (Phi) is 7.45. The summed E-state index contributed by atoms with van der Waals surface area (Å²) in [4.78, 5) is 16.6. The van der Waals surface area contributed by atoms with Gasteiger partial charge in [-0.3, -0.25) is 4.79 Å². The number of nitrogens with zero attached hydrogens (tertiary/aromatic N) is 3. The summed E-state index contributed by atoms with van der Waals surface area (Å²) in [5.74, 6) is 0.854. The minimum atomic E-state index is 0.115. The number of aromatic nitrogens is 1. The number of carbonyl (C=O) groups excluding carboxylic acids is 1. The summed E-state index contributed by atoms with van der Waals surface area (Å²) in [6, 6.07) is 9.97. The molecule has 1 aliphatic heterocycles. The summed E-state index contributed by atoms with van der Waals surface area (Å²) in [7, 11) is 1.68. The van der Waals surface area contributed by atoms with Crippen molar-refractivity contribution in [3.63, 3.8) is 0 Å². The van der Waals surface area contributed by atoms with Crippen LogP contribution in [0.2, 0.25) is 0 Å². The fraction of sp³-hybridized carbons (Fsp3) is 0.524. The number of ether oxygens (including phenoxy) is 2. The topological polar surface area (TPSA) is 68.0 Å². The third kappa shape index (κ3) is 4.91. The number of morpholine rings is 1. The highest BCUT2D eigenvalue weighted by Crippen LogP contribution is 2.33. The van der Waals surface area contributed by atoms with E-state index in [2.05, 4.69) is 10.1 Å². The van der Waals surface area contributed by atoms with Crippen LogP contribution in [0.25, 0.3) is 11.3 Å². The van der Waals surface area contributed by atoms with Crippen molar-refractivity contribution < 1.29 is 18.8 Å². The van der Waals surface area contributed by atoms with E-state index < -0.39 is 0 Å². The molecule has 0 unspecified atom stereocenters. The van der Waals surface area contributed by atoms with Gasteiger partial charge in [0.05, 0.1) is 25.3 Å². The molecule has 1 fully saturated rings. The Morgan fingerprint density at radius 2 is 2.00 bits per heavy atom. The average molecular weight is 387 g/mol. The Bertz CT molecular complexity index is 741. The van der Waals surface area contributed by atoms with Crippen LogP contribution < -0.4 is 4.90 Å². The van der Waals surface area contributed by atoms with E-state index >= 15 is 0 Å². The molecule has 1 aromatic heterocycles. The molecule has 0 atom stereocenters. The predicted octanol–water partition coefficient (Wildman–Crippen LogP) is 2.95. The second-order valence-electron chi connectivity index (χ2n) is 6.80. The number of hydrogen-bond acceptors (Lipinski definition) is 6. The molecule has 28 heavy (non-hydrogen) atoms. The van der Waals surface area contributed by atoms with Crippen molar-refractivity contribution in [3.05, 3.63) is 35.9 Å². The van der Waals surface area contributed by atoms with Crippen molar-refractivity contribution in [2.45, 2.75) is 26.3 Å². The van der Waals surface area contributed by atoms with Gasteiger partial charge in [-0.25, -0.2) is 0 Å². The van der Waals surface area contributed by atoms with Gasteiger partial charge in [-0.15, -0.1) is 0 Å². The monoisotopic (exact) mass is 387 g/mol. The van der Waals surface area contributed by atoms with Gasteiger partial charge in [0.15, 0.2) is 0 Å². The molecule has 0 saturated carbocycles. The lowest BCUT2D eigenvalue weighted by Crippen LogP contribution is -2.37. The lowest BCUT2D eigenvalue weighted by Gasteiger charge is -2.28. The zero-order valence-corrected chi connectivity index (χ0v) is 16.7. The van der Waals surface area contributed by atoms with E-state index in [1.54, 1.807) is 7.11 Å². The maximum absolute atomic E-state index is 12.6. The molecule has 0 spiro atoms. The maximum atomic E-state index is 12.6.